The molecule has 0 spiro atoms. The van der Waals surface area contributed by atoms with Gasteiger partial charge in [0.05, 0.1) is 22.1 Å². The molecule has 3 aromatic heterocycles. The van der Waals surface area contributed by atoms with Gasteiger partial charge in [0.25, 0.3) is 0 Å². The quantitative estimate of drug-likeness (QED) is 0.160. The summed E-state index contributed by atoms with van der Waals surface area (Å²) < 4.78 is 16.6. The first-order valence-electron chi connectivity index (χ1n) is 21.6. The van der Waals surface area contributed by atoms with E-state index in [2.05, 4.69) is 229 Å². The van der Waals surface area contributed by atoms with E-state index in [1.807, 2.05) is 11.3 Å². The Labute approximate surface area is 373 Å². The van der Waals surface area contributed by atoms with Crippen molar-refractivity contribution in [2.24, 2.45) is 0 Å². The van der Waals surface area contributed by atoms with Gasteiger partial charge in [0, 0.05) is 42.2 Å². The molecule has 13 aromatic rings. The van der Waals surface area contributed by atoms with Gasteiger partial charge in [0.1, 0.15) is 22.3 Å². The molecule has 300 valence electrons. The minimum atomic E-state index is 0.825. The Hall–Kier alpha value is -8.18. The fourth-order valence-electron chi connectivity index (χ4n) is 9.63. The average molecular weight is 836 g/mol. The van der Waals surface area contributed by atoms with Gasteiger partial charge in [0.2, 0.25) is 0 Å². The molecule has 0 aliphatic carbocycles. The maximum absolute atomic E-state index is 7.12. The van der Waals surface area contributed by atoms with Crippen LogP contribution in [0.5, 0.6) is 0 Å². The highest BCUT2D eigenvalue weighted by atomic mass is 32.1. The summed E-state index contributed by atoms with van der Waals surface area (Å²) in [4.78, 5) is 2.45. The smallest absolute Gasteiger partial charge is 0.145 e. The molecule has 0 radical (unpaired) electrons. The van der Waals surface area contributed by atoms with E-state index in [1.165, 1.54) is 20.2 Å². The largest absolute Gasteiger partial charge is 0.456 e. The number of rotatable bonds is 7. The Kier molecular flexibility index (Phi) is 8.40. The van der Waals surface area contributed by atoms with Crippen molar-refractivity contribution in [2.45, 2.75) is 0 Å². The third kappa shape index (κ3) is 5.95. The third-order valence-corrected chi connectivity index (χ3v) is 13.8. The molecule has 3 heterocycles. The third-order valence-electron chi connectivity index (χ3n) is 12.7. The molecule has 0 atom stereocenters. The number of furan rings is 2. The Morgan fingerprint density at radius 1 is 0.312 bits per heavy atom. The van der Waals surface area contributed by atoms with Crippen LogP contribution in [0.4, 0.5) is 17.1 Å². The van der Waals surface area contributed by atoms with Crippen molar-refractivity contribution in [1.82, 2.24) is 0 Å². The van der Waals surface area contributed by atoms with Crippen LogP contribution in [0.3, 0.4) is 0 Å². The van der Waals surface area contributed by atoms with Crippen molar-refractivity contribution in [3.63, 3.8) is 0 Å². The molecule has 0 unspecified atom stereocenters. The lowest BCUT2D eigenvalue weighted by Crippen LogP contribution is -2.11. The van der Waals surface area contributed by atoms with Gasteiger partial charge < -0.3 is 13.7 Å². The second kappa shape index (κ2) is 14.7. The number of thiophene rings is 1. The zero-order valence-electron chi connectivity index (χ0n) is 34.5. The van der Waals surface area contributed by atoms with Crippen molar-refractivity contribution < 1.29 is 8.83 Å². The number of hydrogen-bond acceptors (Lipinski definition) is 4. The highest BCUT2D eigenvalue weighted by Gasteiger charge is 2.27. The molecule has 0 saturated carbocycles. The minimum absolute atomic E-state index is 0.825. The van der Waals surface area contributed by atoms with Crippen LogP contribution >= 0.6 is 11.3 Å². The summed E-state index contributed by atoms with van der Waals surface area (Å²) in [5.74, 6) is 0. The lowest BCUT2D eigenvalue weighted by Gasteiger charge is -2.28. The molecule has 0 saturated heterocycles. The fraction of sp³-hybridized carbons (Fsp3) is 0. The lowest BCUT2D eigenvalue weighted by molar-refractivity contribution is 0.669. The van der Waals surface area contributed by atoms with E-state index >= 15 is 0 Å². The van der Waals surface area contributed by atoms with E-state index in [1.54, 1.807) is 0 Å². The summed E-state index contributed by atoms with van der Waals surface area (Å²) in [5, 5.41) is 6.72. The molecule has 0 bridgehead atoms. The normalized spacial score (nSPS) is 11.8. The molecule has 0 amide bonds. The Bertz CT molecular complexity index is 3890. The maximum Gasteiger partial charge on any atom is 0.145 e. The van der Waals surface area contributed by atoms with Crippen LogP contribution in [0.1, 0.15) is 0 Å². The van der Waals surface area contributed by atoms with Gasteiger partial charge in [-0.15, -0.1) is 11.3 Å². The van der Waals surface area contributed by atoms with E-state index in [0.717, 1.165) is 105 Å². The topological polar surface area (TPSA) is 29.5 Å². The Morgan fingerprint density at radius 2 is 0.844 bits per heavy atom. The van der Waals surface area contributed by atoms with Crippen molar-refractivity contribution >= 4 is 92.4 Å². The van der Waals surface area contributed by atoms with Gasteiger partial charge in [-0.3, -0.25) is 0 Å². The van der Waals surface area contributed by atoms with E-state index < -0.39 is 0 Å². The minimum Gasteiger partial charge on any atom is -0.456 e. The number of hydrogen-bond donors (Lipinski definition) is 0. The molecular formula is C60H37NO2S. The zero-order chi connectivity index (χ0) is 42.1. The molecule has 0 aliphatic heterocycles. The van der Waals surface area contributed by atoms with Crippen LogP contribution in [-0.4, -0.2) is 0 Å². The van der Waals surface area contributed by atoms with Crippen LogP contribution in [0.25, 0.3) is 109 Å². The monoisotopic (exact) mass is 835 g/mol. The second-order valence-corrected chi connectivity index (χ2v) is 17.5. The van der Waals surface area contributed by atoms with Gasteiger partial charge in [-0.2, -0.15) is 0 Å². The SMILES string of the molecule is c1ccc(-c2ccc3c(c2)oc2cc(-c4ccccc4)cc(N(c4ccc5c(c4)sc4ccccc45)c4ccc(-c5ccccc5)c5oc6cc(-c7ccccc7)ccc6c45)c23)cc1. The van der Waals surface area contributed by atoms with E-state index in [-0.39, 0.29) is 0 Å². The summed E-state index contributed by atoms with van der Waals surface area (Å²) in [7, 11) is 0. The van der Waals surface area contributed by atoms with Crippen molar-refractivity contribution in [1.29, 1.82) is 0 Å². The zero-order valence-corrected chi connectivity index (χ0v) is 35.4. The summed E-state index contributed by atoms with van der Waals surface area (Å²) >= 11 is 1.83. The first-order valence-corrected chi connectivity index (χ1v) is 22.5. The van der Waals surface area contributed by atoms with Crippen LogP contribution in [0.15, 0.2) is 233 Å². The first kappa shape index (κ1) is 36.5. The molecular weight excluding hydrogens is 799 g/mol. The highest BCUT2D eigenvalue weighted by Crippen LogP contribution is 2.51. The molecule has 10 aromatic carbocycles. The molecule has 13 rings (SSSR count). The molecule has 0 aliphatic rings. The standard InChI is InChI=1S/C60H37NO2S/c1-5-15-38(16-6-1)42-25-28-49-53(34-42)62-55-36-44(40-19-9-3-10-20-40)33-52(58(49)55)61(45-27-30-48-47-23-13-14-24-56(47)64-57(48)37-45)51-32-31-46(41-21-11-4-12-22-41)60-59(51)50-29-26-43(35-54(50)63-60)39-17-7-2-8-18-39/h1-37H. The number of fused-ring (bicyclic) bond motifs is 9. The molecule has 0 N–H and O–H groups in total. The molecule has 0 fully saturated rings. The van der Waals surface area contributed by atoms with Crippen molar-refractivity contribution in [3.05, 3.63) is 224 Å². The van der Waals surface area contributed by atoms with Gasteiger partial charge in [-0.05, 0) is 106 Å². The van der Waals surface area contributed by atoms with Gasteiger partial charge in [-0.1, -0.05) is 158 Å². The summed E-state index contributed by atoms with van der Waals surface area (Å²) in [6, 6.07) is 80.3. The van der Waals surface area contributed by atoms with E-state index in [9.17, 15) is 0 Å². The predicted molar refractivity (Wildman–Crippen MR) is 270 cm³/mol. The van der Waals surface area contributed by atoms with Crippen molar-refractivity contribution in [3.8, 4) is 44.5 Å². The molecule has 4 heteroatoms. The van der Waals surface area contributed by atoms with Crippen LogP contribution < -0.4 is 4.90 Å². The Balaban J connectivity index is 1.15. The van der Waals surface area contributed by atoms with Crippen LogP contribution in [0, 0.1) is 0 Å². The summed E-state index contributed by atoms with van der Waals surface area (Å²) in [6.07, 6.45) is 0. The van der Waals surface area contributed by atoms with Gasteiger partial charge in [0.15, 0.2) is 0 Å². The number of anilines is 3. The van der Waals surface area contributed by atoms with E-state index in [0.29, 0.717) is 0 Å². The fourth-order valence-corrected chi connectivity index (χ4v) is 10.8. The van der Waals surface area contributed by atoms with Gasteiger partial charge in [-0.25, -0.2) is 0 Å². The van der Waals surface area contributed by atoms with E-state index in [4.69, 9.17) is 8.83 Å². The highest BCUT2D eigenvalue weighted by molar-refractivity contribution is 7.25. The van der Waals surface area contributed by atoms with Crippen LogP contribution in [-0.2, 0) is 0 Å². The second-order valence-electron chi connectivity index (χ2n) is 16.4. The molecule has 64 heavy (non-hydrogen) atoms. The summed E-state index contributed by atoms with van der Waals surface area (Å²) in [5.41, 5.74) is 15.3. The summed E-state index contributed by atoms with van der Waals surface area (Å²) in [6.45, 7) is 0. The first-order chi connectivity index (χ1) is 31.7. The average Bonchev–Trinajstić information content (AvgIpc) is 4.06. The van der Waals surface area contributed by atoms with Crippen LogP contribution in [0.2, 0.25) is 0 Å². The Morgan fingerprint density at radius 3 is 1.52 bits per heavy atom. The maximum atomic E-state index is 7.12. The predicted octanol–water partition coefficient (Wildman–Crippen LogP) is 18.0. The lowest BCUT2D eigenvalue weighted by atomic mass is 9.97. The molecule has 3 nitrogen and oxygen atoms in total. The van der Waals surface area contributed by atoms with Crippen molar-refractivity contribution in [2.75, 3.05) is 4.90 Å². The number of benzene rings is 10. The number of nitrogens with zero attached hydrogens (tertiary/aromatic N) is 1. The van der Waals surface area contributed by atoms with Gasteiger partial charge >= 0.3 is 0 Å².